The predicted octanol–water partition coefficient (Wildman–Crippen LogP) is 8.42. The second-order valence-corrected chi connectivity index (χ2v) is 8.47. The lowest BCUT2D eigenvalue weighted by Crippen LogP contribution is -1.94. The van der Waals surface area contributed by atoms with Gasteiger partial charge in [-0.25, -0.2) is 0 Å². The molecule has 0 bridgehead atoms. The van der Waals surface area contributed by atoms with E-state index in [4.69, 9.17) is 4.42 Å². The van der Waals surface area contributed by atoms with E-state index >= 15 is 0 Å². The van der Waals surface area contributed by atoms with Crippen molar-refractivity contribution >= 4 is 49.3 Å². The summed E-state index contributed by atoms with van der Waals surface area (Å²) in [5.41, 5.74) is 8.01. The Balaban J connectivity index is 1.51. The van der Waals surface area contributed by atoms with Crippen LogP contribution in [0.25, 0.3) is 55.0 Å². The maximum Gasteiger partial charge on any atom is 0.145 e. The fourth-order valence-corrected chi connectivity index (χ4v) is 5.14. The number of hydrogen-bond donors (Lipinski definition) is 0. The van der Waals surface area contributed by atoms with Crippen LogP contribution in [0, 0.1) is 0 Å². The van der Waals surface area contributed by atoms with E-state index in [0.29, 0.717) is 0 Å². The number of rotatable bonds is 2. The van der Waals surface area contributed by atoms with Crippen molar-refractivity contribution in [2.75, 3.05) is 0 Å². The van der Waals surface area contributed by atoms with Crippen LogP contribution in [0.4, 0.5) is 0 Å². The van der Waals surface area contributed by atoms with Gasteiger partial charge in [-0.15, -0.1) is 0 Å². The van der Waals surface area contributed by atoms with Crippen molar-refractivity contribution in [2.24, 2.45) is 0 Å². The van der Waals surface area contributed by atoms with Gasteiger partial charge in [-0.05, 0) is 60.4 Å². The SMILES string of the molecule is C1=CC(c2ccc(-n3c4ccccc4c4c5oc6ccccc6c5ccc43)cc2)=CCC1. The van der Waals surface area contributed by atoms with Crippen molar-refractivity contribution in [1.82, 2.24) is 4.57 Å². The highest BCUT2D eigenvalue weighted by atomic mass is 16.3. The van der Waals surface area contributed by atoms with Gasteiger partial charge < -0.3 is 8.98 Å². The molecule has 4 aromatic carbocycles. The maximum absolute atomic E-state index is 6.39. The smallest absolute Gasteiger partial charge is 0.145 e. The highest BCUT2D eigenvalue weighted by Gasteiger charge is 2.18. The van der Waals surface area contributed by atoms with E-state index in [-0.39, 0.29) is 0 Å². The molecular weight excluding hydrogens is 390 g/mol. The lowest BCUT2D eigenvalue weighted by Gasteiger charge is -2.11. The minimum Gasteiger partial charge on any atom is -0.455 e. The van der Waals surface area contributed by atoms with Crippen LogP contribution in [-0.2, 0) is 0 Å². The van der Waals surface area contributed by atoms with Crippen molar-refractivity contribution in [3.8, 4) is 5.69 Å². The zero-order valence-electron chi connectivity index (χ0n) is 17.6. The van der Waals surface area contributed by atoms with Gasteiger partial charge in [0.15, 0.2) is 0 Å². The van der Waals surface area contributed by atoms with E-state index in [0.717, 1.165) is 29.7 Å². The molecule has 2 heteroatoms. The van der Waals surface area contributed by atoms with Gasteiger partial charge in [0.05, 0.1) is 16.4 Å². The van der Waals surface area contributed by atoms with Gasteiger partial charge in [0.25, 0.3) is 0 Å². The molecule has 32 heavy (non-hydrogen) atoms. The Hall–Kier alpha value is -4.04. The minimum atomic E-state index is 0.935. The zero-order valence-corrected chi connectivity index (χ0v) is 17.6. The Morgan fingerprint density at radius 1 is 0.656 bits per heavy atom. The molecule has 2 heterocycles. The lowest BCUT2D eigenvalue weighted by atomic mass is 9.99. The molecule has 2 nitrogen and oxygen atoms in total. The fraction of sp³-hybridized carbons (Fsp3) is 0.0667. The van der Waals surface area contributed by atoms with Crippen LogP contribution in [0.2, 0.25) is 0 Å². The summed E-state index contributed by atoms with van der Waals surface area (Å²) in [4.78, 5) is 0. The van der Waals surface area contributed by atoms with Gasteiger partial charge in [0, 0.05) is 21.8 Å². The van der Waals surface area contributed by atoms with E-state index in [1.807, 2.05) is 12.1 Å². The number of nitrogens with zero attached hydrogens (tertiary/aromatic N) is 1. The largest absolute Gasteiger partial charge is 0.455 e. The Kier molecular flexibility index (Phi) is 3.71. The van der Waals surface area contributed by atoms with Gasteiger partial charge in [-0.1, -0.05) is 66.8 Å². The summed E-state index contributed by atoms with van der Waals surface area (Å²) in [5, 5.41) is 4.73. The van der Waals surface area contributed by atoms with Gasteiger partial charge in [0.2, 0.25) is 0 Å². The molecule has 1 aliphatic carbocycles. The van der Waals surface area contributed by atoms with Crippen molar-refractivity contribution in [2.45, 2.75) is 12.8 Å². The van der Waals surface area contributed by atoms with Gasteiger partial charge in [-0.3, -0.25) is 0 Å². The first-order valence-corrected chi connectivity index (χ1v) is 11.2. The first-order chi connectivity index (χ1) is 15.9. The van der Waals surface area contributed by atoms with Crippen LogP contribution in [0.15, 0.2) is 108 Å². The van der Waals surface area contributed by atoms with Crippen LogP contribution in [0.1, 0.15) is 18.4 Å². The van der Waals surface area contributed by atoms with Crippen molar-refractivity contribution in [3.63, 3.8) is 0 Å². The third-order valence-corrected chi connectivity index (χ3v) is 6.63. The third kappa shape index (κ3) is 2.47. The Labute approximate surface area is 185 Å². The second-order valence-electron chi connectivity index (χ2n) is 8.47. The highest BCUT2D eigenvalue weighted by molar-refractivity contribution is 6.23. The number of fused-ring (bicyclic) bond motifs is 7. The van der Waals surface area contributed by atoms with E-state index < -0.39 is 0 Å². The minimum absolute atomic E-state index is 0.935. The van der Waals surface area contributed by atoms with Crippen LogP contribution in [0.5, 0.6) is 0 Å². The van der Waals surface area contributed by atoms with Gasteiger partial charge in [-0.2, -0.15) is 0 Å². The molecule has 0 aliphatic heterocycles. The number of para-hydroxylation sites is 2. The lowest BCUT2D eigenvalue weighted by molar-refractivity contribution is 0.673. The number of aromatic nitrogens is 1. The molecule has 152 valence electrons. The summed E-state index contributed by atoms with van der Waals surface area (Å²) in [6.45, 7) is 0. The quantitative estimate of drug-likeness (QED) is 0.280. The number of benzene rings is 4. The number of furan rings is 1. The Morgan fingerprint density at radius 3 is 2.31 bits per heavy atom. The summed E-state index contributed by atoms with van der Waals surface area (Å²) in [7, 11) is 0. The van der Waals surface area contributed by atoms with Crippen molar-refractivity contribution in [1.29, 1.82) is 0 Å². The molecule has 0 spiro atoms. The molecular formula is C30H21NO. The topological polar surface area (TPSA) is 18.1 Å². The van der Waals surface area contributed by atoms with Crippen LogP contribution in [0.3, 0.4) is 0 Å². The highest BCUT2D eigenvalue weighted by Crippen LogP contribution is 2.40. The fourth-order valence-electron chi connectivity index (χ4n) is 5.14. The van der Waals surface area contributed by atoms with Crippen molar-refractivity contribution in [3.05, 3.63) is 109 Å². The first-order valence-electron chi connectivity index (χ1n) is 11.2. The summed E-state index contributed by atoms with van der Waals surface area (Å²) in [6, 6.07) is 30.3. The summed E-state index contributed by atoms with van der Waals surface area (Å²) >= 11 is 0. The molecule has 0 fully saturated rings. The molecule has 0 N–H and O–H groups in total. The predicted molar refractivity (Wildman–Crippen MR) is 134 cm³/mol. The van der Waals surface area contributed by atoms with E-state index in [1.54, 1.807) is 0 Å². The number of allylic oxidation sites excluding steroid dienone is 4. The first kappa shape index (κ1) is 17.6. The molecule has 0 atom stereocenters. The zero-order chi connectivity index (χ0) is 21.1. The van der Waals surface area contributed by atoms with E-state index in [9.17, 15) is 0 Å². The molecule has 6 aromatic rings. The van der Waals surface area contributed by atoms with Crippen molar-refractivity contribution < 1.29 is 4.42 Å². The van der Waals surface area contributed by atoms with Crippen LogP contribution >= 0.6 is 0 Å². The molecule has 0 saturated heterocycles. The second kappa shape index (κ2) is 6.73. The maximum atomic E-state index is 6.39. The van der Waals surface area contributed by atoms with E-state index in [1.165, 1.54) is 43.7 Å². The molecule has 7 rings (SSSR count). The average molecular weight is 412 g/mol. The molecule has 1 aliphatic rings. The molecule has 0 saturated carbocycles. The monoisotopic (exact) mass is 411 g/mol. The van der Waals surface area contributed by atoms with Crippen LogP contribution < -0.4 is 0 Å². The molecule has 2 aromatic heterocycles. The third-order valence-electron chi connectivity index (χ3n) is 6.63. The van der Waals surface area contributed by atoms with Gasteiger partial charge in [0.1, 0.15) is 11.2 Å². The number of hydrogen-bond acceptors (Lipinski definition) is 1. The summed E-state index contributed by atoms with van der Waals surface area (Å²) in [6.07, 6.45) is 9.08. The molecule has 0 radical (unpaired) electrons. The normalized spacial score (nSPS) is 14.1. The Morgan fingerprint density at radius 2 is 1.47 bits per heavy atom. The standard InChI is InChI=1S/C30H21NO/c1-2-8-20(9-3-1)21-14-16-22(17-15-21)31-26-12-6-4-11-25(26)29-27(31)19-18-24-23-10-5-7-13-28(23)32-30(24)29/h2,4-19H,1,3H2. The van der Waals surface area contributed by atoms with Gasteiger partial charge >= 0.3 is 0 Å². The molecule has 0 amide bonds. The average Bonchev–Trinajstić information content (AvgIpc) is 3.40. The molecule has 0 unspecified atom stereocenters. The van der Waals surface area contributed by atoms with Crippen LogP contribution in [-0.4, -0.2) is 4.57 Å². The van der Waals surface area contributed by atoms with E-state index in [2.05, 4.69) is 95.6 Å². The summed E-state index contributed by atoms with van der Waals surface area (Å²) in [5.74, 6) is 0. The Bertz CT molecular complexity index is 1710. The summed E-state index contributed by atoms with van der Waals surface area (Å²) < 4.78 is 8.75.